The van der Waals surface area contributed by atoms with Gasteiger partial charge in [0.25, 0.3) is 5.91 Å². The van der Waals surface area contributed by atoms with Crippen molar-refractivity contribution < 1.29 is 14.3 Å². The van der Waals surface area contributed by atoms with Crippen LogP contribution in [0.25, 0.3) is 11.1 Å². The number of anilines is 1. The van der Waals surface area contributed by atoms with E-state index in [0.717, 1.165) is 22.4 Å². The third-order valence-corrected chi connectivity index (χ3v) is 4.15. The summed E-state index contributed by atoms with van der Waals surface area (Å²) < 4.78 is 10.5. The summed E-state index contributed by atoms with van der Waals surface area (Å²) in [7, 11) is 3.10. The first-order valence-corrected chi connectivity index (χ1v) is 8.17. The lowest BCUT2D eigenvalue weighted by molar-refractivity contribution is 0.102. The Kier molecular flexibility index (Phi) is 5.17. The lowest BCUT2D eigenvalue weighted by atomic mass is 10.0. The maximum atomic E-state index is 12.7. The number of aryl methyl sites for hydroxylation is 1. The number of rotatable bonds is 5. The summed E-state index contributed by atoms with van der Waals surface area (Å²) in [5, 5.41) is 2.97. The highest BCUT2D eigenvalue weighted by atomic mass is 16.5. The van der Waals surface area contributed by atoms with Crippen LogP contribution in [0.5, 0.6) is 11.5 Å². The van der Waals surface area contributed by atoms with Crippen molar-refractivity contribution >= 4 is 11.6 Å². The molecule has 1 aromatic heterocycles. The Balaban J connectivity index is 1.88. The molecule has 3 aromatic rings. The molecule has 1 N–H and O–H groups in total. The summed E-state index contributed by atoms with van der Waals surface area (Å²) in [5.74, 6) is 0.892. The molecule has 1 heterocycles. The molecule has 0 unspecified atom stereocenters. The lowest BCUT2D eigenvalue weighted by Crippen LogP contribution is -2.13. The molecule has 1 amide bonds. The Morgan fingerprint density at radius 3 is 2.31 bits per heavy atom. The Morgan fingerprint density at radius 1 is 0.885 bits per heavy atom. The zero-order valence-electron chi connectivity index (χ0n) is 14.9. The normalized spacial score (nSPS) is 10.3. The summed E-state index contributed by atoms with van der Waals surface area (Å²) >= 11 is 0. The van der Waals surface area contributed by atoms with E-state index in [4.69, 9.17) is 9.47 Å². The lowest BCUT2D eigenvalue weighted by Gasteiger charge is -2.12. The van der Waals surface area contributed by atoms with Gasteiger partial charge < -0.3 is 14.8 Å². The second-order valence-electron chi connectivity index (χ2n) is 5.79. The van der Waals surface area contributed by atoms with Crippen molar-refractivity contribution in [1.29, 1.82) is 0 Å². The molecular weight excluding hydrogens is 328 g/mol. The number of nitrogens with one attached hydrogen (secondary N) is 1. The minimum absolute atomic E-state index is 0.207. The third-order valence-electron chi connectivity index (χ3n) is 4.15. The van der Waals surface area contributed by atoms with Gasteiger partial charge in [0.05, 0.1) is 14.2 Å². The molecule has 3 rings (SSSR count). The molecule has 0 aliphatic heterocycles. The van der Waals surface area contributed by atoms with Crippen molar-refractivity contribution in [2.24, 2.45) is 0 Å². The summed E-state index contributed by atoms with van der Waals surface area (Å²) in [6.07, 6.45) is 3.49. The van der Waals surface area contributed by atoms with Crippen LogP contribution >= 0.6 is 0 Å². The predicted octanol–water partition coefficient (Wildman–Crippen LogP) is 4.33. The SMILES string of the molecule is COc1ccc(C(=O)Nc2cc(-c3ccncc3)ccc2C)cc1OC. The molecule has 0 saturated carbocycles. The molecule has 0 bridgehead atoms. The second kappa shape index (κ2) is 7.70. The minimum atomic E-state index is -0.207. The molecule has 0 fully saturated rings. The van der Waals surface area contributed by atoms with E-state index < -0.39 is 0 Å². The number of ether oxygens (including phenoxy) is 2. The van der Waals surface area contributed by atoms with Gasteiger partial charge in [-0.05, 0) is 60.0 Å². The number of hydrogen-bond donors (Lipinski definition) is 1. The smallest absolute Gasteiger partial charge is 0.255 e. The fraction of sp³-hybridized carbons (Fsp3) is 0.143. The average Bonchev–Trinajstić information content (AvgIpc) is 2.69. The quantitative estimate of drug-likeness (QED) is 0.746. The molecule has 0 saturated heterocycles. The van der Waals surface area contributed by atoms with Gasteiger partial charge in [0.2, 0.25) is 0 Å². The molecule has 5 nitrogen and oxygen atoms in total. The Labute approximate surface area is 152 Å². The number of benzene rings is 2. The van der Waals surface area contributed by atoms with Crippen molar-refractivity contribution in [2.45, 2.75) is 6.92 Å². The Bertz CT molecular complexity index is 924. The summed E-state index contributed by atoms with van der Waals surface area (Å²) in [6.45, 7) is 1.96. The van der Waals surface area contributed by atoms with Crippen LogP contribution in [0.15, 0.2) is 60.9 Å². The average molecular weight is 348 g/mol. The van der Waals surface area contributed by atoms with Crippen molar-refractivity contribution in [3.8, 4) is 22.6 Å². The number of amides is 1. The van der Waals surface area contributed by atoms with Gasteiger partial charge in [-0.2, -0.15) is 0 Å². The number of methoxy groups -OCH3 is 2. The number of carbonyl (C=O) groups excluding carboxylic acids is 1. The van der Waals surface area contributed by atoms with Crippen LogP contribution in [0.4, 0.5) is 5.69 Å². The third kappa shape index (κ3) is 3.67. The van der Waals surface area contributed by atoms with Crippen LogP contribution in [0, 0.1) is 6.92 Å². The molecule has 0 atom stereocenters. The number of carbonyl (C=O) groups is 1. The fourth-order valence-corrected chi connectivity index (χ4v) is 2.65. The van der Waals surface area contributed by atoms with Gasteiger partial charge in [-0.15, -0.1) is 0 Å². The highest BCUT2D eigenvalue weighted by Gasteiger charge is 2.12. The topological polar surface area (TPSA) is 60.5 Å². The predicted molar refractivity (Wildman–Crippen MR) is 102 cm³/mol. The van der Waals surface area contributed by atoms with Crippen LogP contribution in [-0.2, 0) is 0 Å². The largest absolute Gasteiger partial charge is 0.493 e. The van der Waals surface area contributed by atoms with E-state index in [9.17, 15) is 4.79 Å². The maximum absolute atomic E-state index is 12.7. The van der Waals surface area contributed by atoms with E-state index in [-0.39, 0.29) is 5.91 Å². The van der Waals surface area contributed by atoms with Crippen molar-refractivity contribution in [3.63, 3.8) is 0 Å². The first kappa shape index (κ1) is 17.5. The molecule has 0 spiro atoms. The van der Waals surface area contributed by atoms with E-state index in [1.54, 1.807) is 44.8 Å². The molecule has 0 aliphatic carbocycles. The van der Waals surface area contributed by atoms with Crippen LogP contribution < -0.4 is 14.8 Å². The summed E-state index contributed by atoms with van der Waals surface area (Å²) in [6, 6.07) is 14.9. The standard InChI is InChI=1S/C21H20N2O3/c1-14-4-5-16(15-8-10-22-11-9-15)12-18(14)23-21(24)17-6-7-19(25-2)20(13-17)26-3/h4-13H,1-3H3,(H,23,24). The van der Waals surface area contributed by atoms with Crippen molar-refractivity contribution in [2.75, 3.05) is 19.5 Å². The van der Waals surface area contributed by atoms with E-state index in [1.165, 1.54) is 0 Å². The van der Waals surface area contributed by atoms with E-state index >= 15 is 0 Å². The second-order valence-corrected chi connectivity index (χ2v) is 5.79. The first-order valence-electron chi connectivity index (χ1n) is 8.17. The monoisotopic (exact) mass is 348 g/mol. The van der Waals surface area contributed by atoms with Crippen molar-refractivity contribution in [1.82, 2.24) is 4.98 Å². The molecule has 0 aliphatic rings. The van der Waals surface area contributed by atoms with Gasteiger partial charge in [0.1, 0.15) is 0 Å². The highest BCUT2D eigenvalue weighted by Crippen LogP contribution is 2.29. The Morgan fingerprint density at radius 2 is 1.62 bits per heavy atom. The minimum Gasteiger partial charge on any atom is -0.493 e. The molecule has 2 aromatic carbocycles. The van der Waals surface area contributed by atoms with E-state index in [0.29, 0.717) is 17.1 Å². The highest BCUT2D eigenvalue weighted by molar-refractivity contribution is 6.05. The van der Waals surface area contributed by atoms with Gasteiger partial charge in [0, 0.05) is 23.6 Å². The number of hydrogen-bond acceptors (Lipinski definition) is 4. The molecular formula is C21H20N2O3. The summed E-state index contributed by atoms with van der Waals surface area (Å²) in [5.41, 5.74) is 4.30. The molecule has 0 radical (unpaired) electrons. The Hall–Kier alpha value is -3.34. The molecule has 26 heavy (non-hydrogen) atoms. The number of aromatic nitrogens is 1. The zero-order chi connectivity index (χ0) is 18.5. The van der Waals surface area contributed by atoms with Gasteiger partial charge in [0.15, 0.2) is 11.5 Å². The van der Waals surface area contributed by atoms with Crippen LogP contribution in [0.3, 0.4) is 0 Å². The molecule has 132 valence electrons. The zero-order valence-corrected chi connectivity index (χ0v) is 14.9. The first-order chi connectivity index (χ1) is 12.6. The van der Waals surface area contributed by atoms with Crippen LogP contribution in [0.1, 0.15) is 15.9 Å². The van der Waals surface area contributed by atoms with E-state index in [2.05, 4.69) is 10.3 Å². The molecule has 5 heteroatoms. The van der Waals surface area contributed by atoms with Gasteiger partial charge in [-0.3, -0.25) is 9.78 Å². The number of pyridine rings is 1. The van der Waals surface area contributed by atoms with Gasteiger partial charge in [-0.25, -0.2) is 0 Å². The van der Waals surface area contributed by atoms with Gasteiger partial charge >= 0.3 is 0 Å². The summed E-state index contributed by atoms with van der Waals surface area (Å²) in [4.78, 5) is 16.7. The van der Waals surface area contributed by atoms with Gasteiger partial charge in [-0.1, -0.05) is 12.1 Å². The maximum Gasteiger partial charge on any atom is 0.255 e. The van der Waals surface area contributed by atoms with Crippen LogP contribution in [-0.4, -0.2) is 25.1 Å². The fourth-order valence-electron chi connectivity index (χ4n) is 2.65. The number of nitrogens with zero attached hydrogens (tertiary/aromatic N) is 1. The van der Waals surface area contributed by atoms with Crippen LogP contribution in [0.2, 0.25) is 0 Å². The van der Waals surface area contributed by atoms with E-state index in [1.807, 2.05) is 37.3 Å². The van der Waals surface area contributed by atoms with Crippen molar-refractivity contribution in [3.05, 3.63) is 72.1 Å².